The van der Waals surface area contributed by atoms with Crippen LogP contribution in [0, 0.1) is 6.92 Å². The van der Waals surface area contributed by atoms with Crippen molar-refractivity contribution in [1.29, 1.82) is 0 Å². The first-order chi connectivity index (χ1) is 12.8. The second kappa shape index (κ2) is 7.78. The van der Waals surface area contributed by atoms with Crippen molar-refractivity contribution in [2.24, 2.45) is 0 Å². The Morgan fingerprint density at radius 1 is 1.04 bits per heavy atom. The average Bonchev–Trinajstić information content (AvgIpc) is 3.12. The van der Waals surface area contributed by atoms with Gasteiger partial charge in [-0.3, -0.25) is 9.59 Å². The van der Waals surface area contributed by atoms with E-state index in [-0.39, 0.29) is 25.0 Å². The lowest BCUT2D eigenvalue weighted by molar-refractivity contribution is -0.187. The fourth-order valence-corrected chi connectivity index (χ4v) is 3.64. The number of carbonyl (C=O) groups is 2. The summed E-state index contributed by atoms with van der Waals surface area (Å²) in [6.45, 7) is 2.80. The van der Waals surface area contributed by atoms with E-state index in [1.54, 1.807) is 4.90 Å². The van der Waals surface area contributed by atoms with Gasteiger partial charge in [0, 0.05) is 32.5 Å². The Balaban J connectivity index is 1.55. The number of nitrogens with zero attached hydrogens (tertiary/aromatic N) is 2. The quantitative estimate of drug-likeness (QED) is 0.805. The maximum Gasteiger partial charge on any atom is 0.471 e. The lowest BCUT2D eigenvalue weighted by atomic mass is 10.1. The van der Waals surface area contributed by atoms with Crippen molar-refractivity contribution in [2.45, 2.75) is 50.9 Å². The van der Waals surface area contributed by atoms with Crippen LogP contribution in [0.25, 0.3) is 0 Å². The minimum atomic E-state index is -4.95. The summed E-state index contributed by atoms with van der Waals surface area (Å²) in [5.41, 5.74) is 1.14. The topological polar surface area (TPSA) is 49.9 Å². The van der Waals surface area contributed by atoms with Gasteiger partial charge in [0.1, 0.15) is 17.9 Å². The summed E-state index contributed by atoms with van der Waals surface area (Å²) in [6.07, 6.45) is -3.07. The Bertz CT molecular complexity index is 682. The first-order valence-electron chi connectivity index (χ1n) is 9.15. The molecule has 0 radical (unpaired) electrons. The number of benzene rings is 1. The van der Waals surface area contributed by atoms with E-state index in [2.05, 4.69) is 0 Å². The van der Waals surface area contributed by atoms with Crippen LogP contribution in [0.5, 0.6) is 5.75 Å². The molecule has 0 spiro atoms. The van der Waals surface area contributed by atoms with Gasteiger partial charge < -0.3 is 14.5 Å². The monoisotopic (exact) mass is 384 g/mol. The summed E-state index contributed by atoms with van der Waals surface area (Å²) < 4.78 is 44.1. The third-order valence-corrected chi connectivity index (χ3v) is 5.12. The van der Waals surface area contributed by atoms with Gasteiger partial charge in [-0.25, -0.2) is 0 Å². The Morgan fingerprint density at radius 3 is 2.26 bits per heavy atom. The van der Waals surface area contributed by atoms with Crippen LogP contribution < -0.4 is 4.74 Å². The molecule has 2 aliphatic rings. The third-order valence-electron chi connectivity index (χ3n) is 5.12. The second-order valence-electron chi connectivity index (χ2n) is 7.11. The molecule has 1 aromatic carbocycles. The number of likely N-dealkylation sites (tertiary alicyclic amines) is 2. The van der Waals surface area contributed by atoms with E-state index < -0.39 is 18.1 Å². The van der Waals surface area contributed by atoms with Gasteiger partial charge in [0.25, 0.3) is 0 Å². The van der Waals surface area contributed by atoms with E-state index >= 15 is 0 Å². The van der Waals surface area contributed by atoms with Gasteiger partial charge in [-0.15, -0.1) is 0 Å². The largest absolute Gasteiger partial charge is 0.490 e. The molecule has 0 bridgehead atoms. The van der Waals surface area contributed by atoms with E-state index in [4.69, 9.17) is 4.74 Å². The van der Waals surface area contributed by atoms with Gasteiger partial charge >= 0.3 is 12.1 Å². The van der Waals surface area contributed by atoms with Gasteiger partial charge in [0.2, 0.25) is 5.91 Å². The van der Waals surface area contributed by atoms with Crippen LogP contribution >= 0.6 is 0 Å². The summed E-state index contributed by atoms with van der Waals surface area (Å²) >= 11 is 0. The molecule has 148 valence electrons. The summed E-state index contributed by atoms with van der Waals surface area (Å²) in [7, 11) is 0. The molecule has 0 N–H and O–H groups in total. The number of rotatable bonds is 3. The molecule has 27 heavy (non-hydrogen) atoms. The summed E-state index contributed by atoms with van der Waals surface area (Å²) in [5, 5.41) is 0. The van der Waals surface area contributed by atoms with E-state index in [9.17, 15) is 22.8 Å². The predicted molar refractivity (Wildman–Crippen MR) is 92.2 cm³/mol. The van der Waals surface area contributed by atoms with E-state index in [0.717, 1.165) is 11.3 Å². The summed E-state index contributed by atoms with van der Waals surface area (Å²) in [5.74, 6) is -1.54. The zero-order chi connectivity index (χ0) is 19.6. The Labute approximate surface area is 156 Å². The van der Waals surface area contributed by atoms with Gasteiger partial charge in [-0.2, -0.15) is 13.2 Å². The number of hydrogen-bond acceptors (Lipinski definition) is 3. The van der Waals surface area contributed by atoms with Crippen molar-refractivity contribution < 1.29 is 27.5 Å². The predicted octanol–water partition coefficient (Wildman–Crippen LogP) is 2.92. The molecule has 2 aliphatic heterocycles. The van der Waals surface area contributed by atoms with Crippen molar-refractivity contribution in [3.8, 4) is 5.75 Å². The number of alkyl halides is 3. The highest BCUT2D eigenvalue weighted by molar-refractivity contribution is 5.90. The van der Waals surface area contributed by atoms with E-state index in [1.165, 1.54) is 0 Å². The molecule has 2 heterocycles. The van der Waals surface area contributed by atoms with Crippen molar-refractivity contribution in [3.05, 3.63) is 29.8 Å². The molecule has 0 aliphatic carbocycles. The van der Waals surface area contributed by atoms with Crippen molar-refractivity contribution in [2.75, 3.05) is 19.6 Å². The van der Waals surface area contributed by atoms with Crippen molar-refractivity contribution in [3.63, 3.8) is 0 Å². The van der Waals surface area contributed by atoms with Crippen LogP contribution in [0.15, 0.2) is 24.3 Å². The summed E-state index contributed by atoms with van der Waals surface area (Å²) in [6, 6.07) is 6.70. The van der Waals surface area contributed by atoms with Gasteiger partial charge in [-0.1, -0.05) is 17.7 Å². The number of ether oxygens (including phenoxy) is 1. The average molecular weight is 384 g/mol. The number of halogens is 3. The van der Waals surface area contributed by atoms with Crippen LogP contribution in [0.4, 0.5) is 13.2 Å². The fraction of sp³-hybridized carbons (Fsp3) is 0.579. The molecule has 8 heteroatoms. The van der Waals surface area contributed by atoms with Crippen molar-refractivity contribution in [1.82, 2.24) is 9.80 Å². The molecule has 0 aromatic heterocycles. The van der Waals surface area contributed by atoms with Crippen LogP contribution in [-0.2, 0) is 9.59 Å². The molecule has 2 amide bonds. The minimum Gasteiger partial charge on any atom is -0.490 e. The van der Waals surface area contributed by atoms with Gasteiger partial charge in [-0.05, 0) is 31.9 Å². The van der Waals surface area contributed by atoms with Crippen LogP contribution in [0.1, 0.15) is 31.2 Å². The lowest BCUT2D eigenvalue weighted by Crippen LogP contribution is -2.53. The van der Waals surface area contributed by atoms with Crippen LogP contribution in [-0.4, -0.2) is 59.6 Å². The molecule has 2 saturated heterocycles. The highest BCUT2D eigenvalue weighted by atomic mass is 19.4. The number of hydrogen-bond donors (Lipinski definition) is 0. The highest BCUT2D eigenvalue weighted by Gasteiger charge is 2.48. The normalized spacial score (nSPS) is 21.4. The molecular weight excluding hydrogens is 361 g/mol. The zero-order valence-electron chi connectivity index (χ0n) is 15.2. The molecule has 1 atom stereocenters. The smallest absolute Gasteiger partial charge is 0.471 e. The lowest BCUT2D eigenvalue weighted by Gasteiger charge is -2.35. The third kappa shape index (κ3) is 4.54. The Hall–Kier alpha value is -2.25. The van der Waals surface area contributed by atoms with E-state index in [1.807, 2.05) is 31.2 Å². The fourth-order valence-electron chi connectivity index (χ4n) is 3.64. The van der Waals surface area contributed by atoms with Crippen LogP contribution in [0.2, 0.25) is 0 Å². The van der Waals surface area contributed by atoms with Gasteiger partial charge in [0.05, 0.1) is 0 Å². The molecule has 5 nitrogen and oxygen atoms in total. The molecule has 0 saturated carbocycles. The highest BCUT2D eigenvalue weighted by Crippen LogP contribution is 2.28. The standard InChI is InChI=1S/C19H23F3N2O3/c1-13-4-6-14(7-5-13)27-15-8-11-23(12-9-15)17(25)16-3-2-10-24(16)18(26)19(20,21)22/h4-7,15-16H,2-3,8-12H2,1H3. The first-order valence-corrected chi connectivity index (χ1v) is 9.15. The Morgan fingerprint density at radius 2 is 1.67 bits per heavy atom. The molecular formula is C19H23F3N2O3. The Kier molecular flexibility index (Phi) is 5.62. The van der Waals surface area contributed by atoms with Gasteiger partial charge in [0.15, 0.2) is 0 Å². The molecule has 2 fully saturated rings. The number of aryl methyl sites for hydroxylation is 1. The first kappa shape index (κ1) is 19.5. The number of amides is 2. The van der Waals surface area contributed by atoms with Crippen molar-refractivity contribution >= 4 is 11.8 Å². The second-order valence-corrected chi connectivity index (χ2v) is 7.11. The van der Waals surface area contributed by atoms with Crippen LogP contribution in [0.3, 0.4) is 0 Å². The maximum absolute atomic E-state index is 12.7. The zero-order valence-corrected chi connectivity index (χ0v) is 15.2. The molecule has 3 rings (SSSR count). The number of piperidine rings is 1. The summed E-state index contributed by atoms with van der Waals surface area (Å²) in [4.78, 5) is 26.5. The maximum atomic E-state index is 12.7. The molecule has 1 aromatic rings. The SMILES string of the molecule is Cc1ccc(OC2CCN(C(=O)C3CCCN3C(=O)C(F)(F)F)CC2)cc1. The van der Waals surface area contributed by atoms with E-state index in [0.29, 0.717) is 37.3 Å². The minimum absolute atomic E-state index is 0.0260. The molecule has 1 unspecified atom stereocenters. The number of carbonyl (C=O) groups excluding carboxylic acids is 2.